The van der Waals surface area contributed by atoms with Gasteiger partial charge in [-0.3, -0.25) is 0 Å². The maximum Gasteiger partial charge on any atom is 0.140 e. The van der Waals surface area contributed by atoms with Crippen LogP contribution in [0.15, 0.2) is 18.2 Å². The summed E-state index contributed by atoms with van der Waals surface area (Å²) < 4.78 is 13.6. The van der Waals surface area contributed by atoms with Crippen molar-refractivity contribution in [1.82, 2.24) is 5.32 Å². The molecule has 1 N–H and O–H groups in total. The van der Waals surface area contributed by atoms with Crippen LogP contribution in [0.2, 0.25) is 0 Å². The molecule has 18 heavy (non-hydrogen) atoms. The average molecular weight is 264 g/mol. The molecular formula is C14H17FN2S. The van der Waals surface area contributed by atoms with E-state index in [2.05, 4.69) is 11.6 Å². The predicted molar refractivity (Wildman–Crippen MR) is 72.9 cm³/mol. The van der Waals surface area contributed by atoms with Gasteiger partial charge in [0.1, 0.15) is 11.9 Å². The fourth-order valence-corrected chi connectivity index (χ4v) is 3.17. The number of thioether (sulfide) groups is 1. The summed E-state index contributed by atoms with van der Waals surface area (Å²) in [6.45, 7) is 1.67. The molecule has 0 radical (unpaired) electrons. The maximum absolute atomic E-state index is 13.2. The van der Waals surface area contributed by atoms with Gasteiger partial charge < -0.3 is 5.32 Å². The van der Waals surface area contributed by atoms with Gasteiger partial charge in [0.15, 0.2) is 0 Å². The Morgan fingerprint density at radius 2 is 2.28 bits per heavy atom. The zero-order chi connectivity index (χ0) is 13.0. The van der Waals surface area contributed by atoms with Crippen molar-refractivity contribution in [2.75, 3.05) is 12.8 Å². The number of nitrogens with one attached hydrogen (secondary N) is 1. The van der Waals surface area contributed by atoms with Crippen molar-refractivity contribution in [3.8, 4) is 6.07 Å². The molecule has 0 amide bonds. The van der Waals surface area contributed by atoms with Crippen LogP contribution in [0.5, 0.6) is 0 Å². The third kappa shape index (κ3) is 2.85. The van der Waals surface area contributed by atoms with Gasteiger partial charge in [0.2, 0.25) is 0 Å². The number of halogens is 1. The van der Waals surface area contributed by atoms with E-state index in [1.165, 1.54) is 25.3 Å². The SMILES string of the molecule is CSC1(CNCc2ccc(F)c(C#N)c2)CCC1. The average Bonchev–Trinajstić information content (AvgIpc) is 2.34. The van der Waals surface area contributed by atoms with Crippen LogP contribution in [0, 0.1) is 17.1 Å². The maximum atomic E-state index is 13.2. The van der Waals surface area contributed by atoms with E-state index in [4.69, 9.17) is 5.26 Å². The van der Waals surface area contributed by atoms with E-state index in [1.807, 2.05) is 17.8 Å². The van der Waals surface area contributed by atoms with E-state index < -0.39 is 5.82 Å². The van der Waals surface area contributed by atoms with Crippen LogP contribution < -0.4 is 5.32 Å². The highest BCUT2D eigenvalue weighted by atomic mass is 32.2. The minimum absolute atomic E-state index is 0.123. The van der Waals surface area contributed by atoms with Gasteiger partial charge in [-0.2, -0.15) is 17.0 Å². The smallest absolute Gasteiger partial charge is 0.140 e. The Morgan fingerprint density at radius 1 is 1.50 bits per heavy atom. The molecule has 0 heterocycles. The van der Waals surface area contributed by atoms with E-state index >= 15 is 0 Å². The first-order valence-electron chi connectivity index (χ1n) is 6.13. The molecule has 0 bridgehead atoms. The zero-order valence-corrected chi connectivity index (χ0v) is 11.3. The lowest BCUT2D eigenvalue weighted by atomic mass is 9.84. The van der Waals surface area contributed by atoms with E-state index in [1.54, 1.807) is 12.1 Å². The minimum atomic E-state index is -0.444. The van der Waals surface area contributed by atoms with Crippen molar-refractivity contribution in [3.63, 3.8) is 0 Å². The lowest BCUT2D eigenvalue weighted by Gasteiger charge is -2.40. The van der Waals surface area contributed by atoms with E-state index in [9.17, 15) is 4.39 Å². The van der Waals surface area contributed by atoms with Crippen molar-refractivity contribution in [1.29, 1.82) is 5.26 Å². The normalized spacial score (nSPS) is 16.9. The number of nitrogens with zero attached hydrogens (tertiary/aromatic N) is 1. The number of nitriles is 1. The first kappa shape index (κ1) is 13.4. The number of benzene rings is 1. The summed E-state index contributed by atoms with van der Waals surface area (Å²) >= 11 is 1.93. The fourth-order valence-electron chi connectivity index (χ4n) is 2.23. The molecule has 2 nitrogen and oxygen atoms in total. The molecular weight excluding hydrogens is 247 g/mol. The molecule has 0 aliphatic heterocycles. The van der Waals surface area contributed by atoms with Crippen LogP contribution in [-0.4, -0.2) is 17.5 Å². The van der Waals surface area contributed by atoms with Crippen molar-refractivity contribution >= 4 is 11.8 Å². The fraction of sp³-hybridized carbons (Fsp3) is 0.500. The van der Waals surface area contributed by atoms with Gasteiger partial charge in [0, 0.05) is 17.8 Å². The summed E-state index contributed by atoms with van der Waals surface area (Å²) in [4.78, 5) is 0. The molecule has 0 atom stereocenters. The second kappa shape index (κ2) is 5.73. The Morgan fingerprint density at radius 3 is 2.83 bits per heavy atom. The topological polar surface area (TPSA) is 35.8 Å². The monoisotopic (exact) mass is 264 g/mol. The summed E-state index contributed by atoms with van der Waals surface area (Å²) in [5.41, 5.74) is 1.08. The van der Waals surface area contributed by atoms with Crippen LogP contribution in [-0.2, 0) is 6.54 Å². The van der Waals surface area contributed by atoms with Gasteiger partial charge in [-0.15, -0.1) is 0 Å². The Hall–Kier alpha value is -1.05. The van der Waals surface area contributed by atoms with Crippen LogP contribution in [0.25, 0.3) is 0 Å². The first-order chi connectivity index (χ1) is 8.69. The first-order valence-corrected chi connectivity index (χ1v) is 7.36. The third-order valence-electron chi connectivity index (χ3n) is 3.63. The van der Waals surface area contributed by atoms with E-state index in [0.717, 1.165) is 12.1 Å². The Bertz CT molecular complexity index is 458. The largest absolute Gasteiger partial charge is 0.311 e. The lowest BCUT2D eigenvalue weighted by Crippen LogP contribution is -2.43. The highest BCUT2D eigenvalue weighted by molar-refractivity contribution is 8.00. The van der Waals surface area contributed by atoms with Crippen molar-refractivity contribution < 1.29 is 4.39 Å². The van der Waals surface area contributed by atoms with Crippen LogP contribution in [0.3, 0.4) is 0 Å². The van der Waals surface area contributed by atoms with Gasteiger partial charge in [0.25, 0.3) is 0 Å². The Balaban J connectivity index is 1.89. The highest BCUT2D eigenvalue weighted by Gasteiger charge is 2.35. The number of hydrogen-bond acceptors (Lipinski definition) is 3. The minimum Gasteiger partial charge on any atom is -0.311 e. The van der Waals surface area contributed by atoms with Gasteiger partial charge in [-0.25, -0.2) is 4.39 Å². The summed E-state index contributed by atoms with van der Waals surface area (Å²) in [5, 5.41) is 12.2. The highest BCUT2D eigenvalue weighted by Crippen LogP contribution is 2.42. The van der Waals surface area contributed by atoms with Crippen molar-refractivity contribution in [2.24, 2.45) is 0 Å². The summed E-state index contributed by atoms with van der Waals surface area (Å²) in [5.74, 6) is -0.444. The second-order valence-electron chi connectivity index (χ2n) is 4.77. The molecule has 1 aliphatic carbocycles. The van der Waals surface area contributed by atoms with Gasteiger partial charge >= 0.3 is 0 Å². The summed E-state index contributed by atoms with van der Waals surface area (Å²) in [6.07, 6.45) is 6.02. The van der Waals surface area contributed by atoms with Gasteiger partial charge in [-0.05, 0) is 36.8 Å². The van der Waals surface area contributed by atoms with Crippen LogP contribution in [0.4, 0.5) is 4.39 Å². The molecule has 2 rings (SSSR count). The Kier molecular flexibility index (Phi) is 4.26. The third-order valence-corrected chi connectivity index (χ3v) is 5.04. The molecule has 0 aromatic heterocycles. The number of hydrogen-bond donors (Lipinski definition) is 1. The van der Waals surface area contributed by atoms with E-state index in [0.29, 0.717) is 11.3 Å². The number of rotatable bonds is 5. The van der Waals surface area contributed by atoms with Crippen LogP contribution >= 0.6 is 11.8 Å². The zero-order valence-electron chi connectivity index (χ0n) is 10.5. The Labute approximate surface area is 112 Å². The van der Waals surface area contributed by atoms with Gasteiger partial charge in [-0.1, -0.05) is 12.5 Å². The molecule has 4 heteroatoms. The predicted octanol–water partition coefficient (Wildman–Crippen LogP) is 3.07. The standard InChI is InChI=1S/C14H17FN2S/c1-18-14(5-2-6-14)10-17-9-11-3-4-13(15)12(7-11)8-16/h3-4,7,17H,2,5-6,9-10H2,1H3. The molecule has 1 saturated carbocycles. The molecule has 0 spiro atoms. The van der Waals surface area contributed by atoms with Crippen molar-refractivity contribution in [2.45, 2.75) is 30.6 Å². The quantitative estimate of drug-likeness (QED) is 0.887. The lowest BCUT2D eigenvalue weighted by molar-refractivity contribution is 0.345. The molecule has 1 aromatic carbocycles. The summed E-state index contributed by atoms with van der Waals surface area (Å²) in [6, 6.07) is 6.59. The molecule has 1 aliphatic rings. The molecule has 1 fully saturated rings. The molecule has 0 saturated heterocycles. The van der Waals surface area contributed by atoms with Gasteiger partial charge in [0.05, 0.1) is 5.56 Å². The second-order valence-corrected chi connectivity index (χ2v) is 6.04. The summed E-state index contributed by atoms with van der Waals surface area (Å²) in [7, 11) is 0. The van der Waals surface area contributed by atoms with Crippen molar-refractivity contribution in [3.05, 3.63) is 35.1 Å². The molecule has 1 aromatic rings. The van der Waals surface area contributed by atoms with Crippen LogP contribution in [0.1, 0.15) is 30.4 Å². The molecule has 96 valence electrons. The van der Waals surface area contributed by atoms with E-state index in [-0.39, 0.29) is 5.56 Å². The molecule has 0 unspecified atom stereocenters.